The Bertz CT molecular complexity index is 1350. The van der Waals surface area contributed by atoms with Crippen molar-refractivity contribution in [3.63, 3.8) is 0 Å². The molecule has 3 aromatic rings. The molecule has 0 unspecified atom stereocenters. The number of carbonyl (C=O) groups excluding carboxylic acids is 1. The molecule has 9 heteroatoms. The summed E-state index contributed by atoms with van der Waals surface area (Å²) in [4.78, 5) is 15.1. The van der Waals surface area contributed by atoms with E-state index in [1.54, 1.807) is 7.11 Å². The number of hydrogen-bond acceptors (Lipinski definition) is 5. The molecule has 0 atom stereocenters. The predicted octanol–water partition coefficient (Wildman–Crippen LogP) is 4.72. The molecule has 0 saturated carbocycles. The average molecular weight is 526 g/mol. The highest BCUT2D eigenvalue weighted by molar-refractivity contribution is 7.89. The van der Waals surface area contributed by atoms with Gasteiger partial charge < -0.3 is 15.0 Å². The summed E-state index contributed by atoms with van der Waals surface area (Å²) in [6.45, 7) is 5.52. The molecule has 1 N–H and O–H groups in total. The van der Waals surface area contributed by atoms with Crippen LogP contribution < -0.4 is 15.0 Å². The minimum absolute atomic E-state index is 0.101. The minimum Gasteiger partial charge on any atom is -0.497 e. The van der Waals surface area contributed by atoms with Gasteiger partial charge in [0, 0.05) is 37.6 Å². The molecule has 7 nitrogen and oxygen atoms in total. The van der Waals surface area contributed by atoms with Crippen LogP contribution in [0, 0.1) is 5.82 Å². The van der Waals surface area contributed by atoms with Gasteiger partial charge in [-0.25, -0.2) is 12.8 Å². The SMILES string of the molecule is CCc1cccc(CC)c1NC(=O)c1cc(S(=O)(=O)N2CCN(c3ccc(OC)cc3)CC2)ccc1F. The zero-order valence-corrected chi connectivity index (χ0v) is 22.1. The van der Waals surface area contributed by atoms with Crippen molar-refractivity contribution in [1.29, 1.82) is 0 Å². The highest BCUT2D eigenvalue weighted by Gasteiger charge is 2.30. The highest BCUT2D eigenvalue weighted by Crippen LogP contribution is 2.27. The fraction of sp³-hybridized carbons (Fsp3) is 0.321. The monoisotopic (exact) mass is 525 g/mol. The van der Waals surface area contributed by atoms with Crippen LogP contribution in [0.25, 0.3) is 0 Å². The van der Waals surface area contributed by atoms with Gasteiger partial charge in [0.2, 0.25) is 10.0 Å². The van der Waals surface area contributed by atoms with Crippen molar-refractivity contribution < 1.29 is 22.3 Å². The second kappa shape index (κ2) is 11.3. The minimum atomic E-state index is -3.91. The lowest BCUT2D eigenvalue weighted by Crippen LogP contribution is -2.48. The number of amides is 1. The first-order valence-corrected chi connectivity index (χ1v) is 13.8. The van der Waals surface area contributed by atoms with Gasteiger partial charge in [-0.1, -0.05) is 32.0 Å². The van der Waals surface area contributed by atoms with Crippen LogP contribution in [0.1, 0.15) is 35.3 Å². The summed E-state index contributed by atoms with van der Waals surface area (Å²) in [5.41, 5.74) is 3.21. The standard InChI is InChI=1S/C28H32FN3O4S/c1-4-20-7-6-8-21(5-2)27(20)30-28(33)25-19-24(13-14-26(25)29)37(34,35)32-17-15-31(16-18-32)22-9-11-23(36-3)12-10-22/h6-14,19H,4-5,15-18H2,1-3H3,(H,30,33). The lowest BCUT2D eigenvalue weighted by atomic mass is 10.0. The van der Waals surface area contributed by atoms with Gasteiger partial charge in [0.15, 0.2) is 0 Å². The van der Waals surface area contributed by atoms with Crippen molar-refractivity contribution in [2.24, 2.45) is 0 Å². The number of ether oxygens (including phenoxy) is 1. The third-order valence-electron chi connectivity index (χ3n) is 6.73. The Morgan fingerprint density at radius 2 is 1.57 bits per heavy atom. The topological polar surface area (TPSA) is 79.0 Å². The Labute approximate surface area is 217 Å². The predicted molar refractivity (Wildman–Crippen MR) is 144 cm³/mol. The molecule has 0 bridgehead atoms. The quantitative estimate of drug-likeness (QED) is 0.460. The smallest absolute Gasteiger partial charge is 0.258 e. The number of carbonyl (C=O) groups is 1. The van der Waals surface area contributed by atoms with Gasteiger partial charge in [-0.15, -0.1) is 0 Å². The molecule has 0 aliphatic carbocycles. The number of piperazine rings is 1. The summed E-state index contributed by atoms with van der Waals surface area (Å²) in [6.07, 6.45) is 1.39. The van der Waals surface area contributed by atoms with Gasteiger partial charge in [0.05, 0.1) is 17.6 Å². The van der Waals surface area contributed by atoms with E-state index in [0.29, 0.717) is 31.6 Å². The van der Waals surface area contributed by atoms with E-state index < -0.39 is 21.7 Å². The normalized spacial score (nSPS) is 14.4. The number of methoxy groups -OCH3 is 1. The van der Waals surface area contributed by atoms with Gasteiger partial charge in [-0.3, -0.25) is 4.79 Å². The Kier molecular flexibility index (Phi) is 8.14. The molecule has 196 valence electrons. The maximum atomic E-state index is 14.7. The van der Waals surface area contributed by atoms with E-state index >= 15 is 0 Å². The zero-order valence-electron chi connectivity index (χ0n) is 21.3. The number of nitrogens with one attached hydrogen (secondary N) is 1. The maximum absolute atomic E-state index is 14.7. The number of benzene rings is 3. The fourth-order valence-corrected chi connectivity index (χ4v) is 6.00. The molecular formula is C28H32FN3O4S. The van der Waals surface area contributed by atoms with Crippen LogP contribution in [0.4, 0.5) is 15.8 Å². The third-order valence-corrected chi connectivity index (χ3v) is 8.63. The molecule has 1 amide bonds. The molecule has 1 fully saturated rings. The number of halogens is 1. The second-order valence-electron chi connectivity index (χ2n) is 8.84. The first kappa shape index (κ1) is 26.6. The average Bonchev–Trinajstić information content (AvgIpc) is 2.93. The van der Waals surface area contributed by atoms with Gasteiger partial charge in [0.1, 0.15) is 11.6 Å². The van der Waals surface area contributed by atoms with Crippen molar-refractivity contribution in [1.82, 2.24) is 4.31 Å². The lowest BCUT2D eigenvalue weighted by molar-refractivity contribution is 0.102. The van der Waals surface area contributed by atoms with Crippen LogP contribution in [-0.4, -0.2) is 51.9 Å². The van der Waals surface area contributed by atoms with Crippen LogP contribution in [0.2, 0.25) is 0 Å². The Hall–Kier alpha value is -3.43. The van der Waals surface area contributed by atoms with E-state index in [4.69, 9.17) is 4.74 Å². The maximum Gasteiger partial charge on any atom is 0.258 e. The Balaban J connectivity index is 1.52. The number of nitrogens with zero attached hydrogens (tertiary/aromatic N) is 2. The molecular weight excluding hydrogens is 493 g/mol. The number of hydrogen-bond donors (Lipinski definition) is 1. The van der Waals surface area contributed by atoms with Crippen molar-refractivity contribution in [3.8, 4) is 5.75 Å². The Morgan fingerprint density at radius 3 is 2.14 bits per heavy atom. The van der Waals surface area contributed by atoms with Crippen LogP contribution in [0.5, 0.6) is 5.75 Å². The van der Waals surface area contributed by atoms with Crippen LogP contribution in [-0.2, 0) is 22.9 Å². The van der Waals surface area contributed by atoms with Crippen LogP contribution in [0.3, 0.4) is 0 Å². The van der Waals surface area contributed by atoms with E-state index in [0.717, 1.165) is 34.7 Å². The largest absolute Gasteiger partial charge is 0.497 e. The Morgan fingerprint density at radius 1 is 0.946 bits per heavy atom. The number of anilines is 2. The summed E-state index contributed by atoms with van der Waals surface area (Å²) in [5, 5.41) is 2.83. The molecule has 1 aliphatic rings. The molecule has 37 heavy (non-hydrogen) atoms. The summed E-state index contributed by atoms with van der Waals surface area (Å²) in [7, 11) is -2.30. The zero-order chi connectivity index (χ0) is 26.6. The van der Waals surface area contributed by atoms with Crippen molar-refractivity contribution in [3.05, 3.63) is 83.2 Å². The highest BCUT2D eigenvalue weighted by atomic mass is 32.2. The molecule has 1 saturated heterocycles. The molecule has 0 aromatic heterocycles. The molecule has 0 spiro atoms. The molecule has 1 aliphatic heterocycles. The van der Waals surface area contributed by atoms with E-state index in [1.807, 2.05) is 56.3 Å². The first-order valence-electron chi connectivity index (χ1n) is 12.4. The molecule has 3 aromatic carbocycles. The number of para-hydroxylation sites is 1. The van der Waals surface area contributed by atoms with Crippen molar-refractivity contribution in [2.75, 3.05) is 43.5 Å². The van der Waals surface area contributed by atoms with Crippen molar-refractivity contribution >= 4 is 27.3 Å². The van der Waals surface area contributed by atoms with E-state index in [1.165, 1.54) is 10.4 Å². The van der Waals surface area contributed by atoms with Gasteiger partial charge in [-0.2, -0.15) is 4.31 Å². The van der Waals surface area contributed by atoms with E-state index in [-0.39, 0.29) is 23.5 Å². The first-order chi connectivity index (χ1) is 17.8. The summed E-state index contributed by atoms with van der Waals surface area (Å²) < 4.78 is 48.1. The van der Waals surface area contributed by atoms with E-state index in [9.17, 15) is 17.6 Å². The summed E-state index contributed by atoms with van der Waals surface area (Å²) in [6, 6.07) is 16.8. The number of aryl methyl sites for hydroxylation is 2. The number of sulfonamides is 1. The summed E-state index contributed by atoms with van der Waals surface area (Å²) >= 11 is 0. The van der Waals surface area contributed by atoms with Gasteiger partial charge >= 0.3 is 0 Å². The fourth-order valence-electron chi connectivity index (χ4n) is 4.55. The number of rotatable bonds is 8. The van der Waals surface area contributed by atoms with Gasteiger partial charge in [0.25, 0.3) is 5.91 Å². The van der Waals surface area contributed by atoms with Crippen LogP contribution in [0.15, 0.2) is 65.6 Å². The molecule has 0 radical (unpaired) electrons. The summed E-state index contributed by atoms with van der Waals surface area (Å²) in [5.74, 6) is -0.688. The second-order valence-corrected chi connectivity index (χ2v) is 10.8. The van der Waals surface area contributed by atoms with Crippen molar-refractivity contribution in [2.45, 2.75) is 31.6 Å². The lowest BCUT2D eigenvalue weighted by Gasteiger charge is -2.35. The third kappa shape index (κ3) is 5.62. The van der Waals surface area contributed by atoms with Gasteiger partial charge in [-0.05, 0) is 66.4 Å². The molecule has 1 heterocycles. The van der Waals surface area contributed by atoms with Crippen LogP contribution >= 0.6 is 0 Å². The molecule has 4 rings (SSSR count). The van der Waals surface area contributed by atoms with E-state index in [2.05, 4.69) is 10.2 Å².